The van der Waals surface area contributed by atoms with Crippen LogP contribution in [0.25, 0.3) is 11.1 Å². The Hall–Kier alpha value is -3.35. The lowest BCUT2D eigenvalue weighted by atomic mass is 9.89. The molecule has 2 aromatic carbocycles. The minimum absolute atomic E-state index is 0.0000506. The van der Waals surface area contributed by atoms with E-state index in [-0.39, 0.29) is 37.2 Å². The van der Waals surface area contributed by atoms with E-state index in [0.717, 1.165) is 11.1 Å². The Bertz CT molecular complexity index is 988. The third-order valence-electron chi connectivity index (χ3n) is 6.19. The third kappa shape index (κ3) is 6.83. The normalized spacial score (nSPS) is 13.5. The van der Waals surface area contributed by atoms with Crippen molar-refractivity contribution in [2.45, 2.75) is 46.0 Å². The van der Waals surface area contributed by atoms with Gasteiger partial charge in [-0.15, -0.1) is 0 Å². The molecule has 7 nitrogen and oxygen atoms in total. The Balaban J connectivity index is 1.44. The van der Waals surface area contributed by atoms with Gasteiger partial charge in [-0.2, -0.15) is 0 Å². The molecule has 1 unspecified atom stereocenters. The van der Waals surface area contributed by atoms with E-state index in [1.165, 1.54) is 11.1 Å². The first-order valence-corrected chi connectivity index (χ1v) is 11.7. The zero-order chi connectivity index (χ0) is 24.7. The van der Waals surface area contributed by atoms with Crippen LogP contribution in [0.3, 0.4) is 0 Å². The lowest BCUT2D eigenvalue weighted by Crippen LogP contribution is -2.39. The summed E-state index contributed by atoms with van der Waals surface area (Å²) < 4.78 is 5.57. The molecule has 2 amide bonds. The van der Waals surface area contributed by atoms with Crippen molar-refractivity contribution < 1.29 is 24.2 Å². The van der Waals surface area contributed by atoms with Crippen molar-refractivity contribution in [1.82, 2.24) is 10.6 Å². The number of rotatable bonds is 11. The monoisotopic (exact) mass is 466 g/mol. The molecule has 7 heteroatoms. The second-order valence-electron chi connectivity index (χ2n) is 9.86. The van der Waals surface area contributed by atoms with E-state index >= 15 is 0 Å². The Morgan fingerprint density at radius 3 is 2.18 bits per heavy atom. The van der Waals surface area contributed by atoms with Crippen LogP contribution in [0.5, 0.6) is 0 Å². The first kappa shape index (κ1) is 25.3. The molecule has 0 fully saturated rings. The van der Waals surface area contributed by atoms with Crippen LogP contribution in [-0.2, 0) is 14.3 Å². The van der Waals surface area contributed by atoms with Gasteiger partial charge in [0.2, 0.25) is 5.91 Å². The van der Waals surface area contributed by atoms with Crippen molar-refractivity contribution >= 4 is 18.0 Å². The smallest absolute Gasteiger partial charge is 0.407 e. The molecule has 0 bridgehead atoms. The largest absolute Gasteiger partial charge is 0.481 e. The minimum Gasteiger partial charge on any atom is -0.481 e. The highest BCUT2D eigenvalue weighted by Gasteiger charge is 2.29. The van der Waals surface area contributed by atoms with Crippen molar-refractivity contribution in [3.05, 3.63) is 59.7 Å². The summed E-state index contributed by atoms with van der Waals surface area (Å²) in [5.41, 5.74) is 4.21. The number of carbonyl (C=O) groups excluding carboxylic acids is 2. The van der Waals surface area contributed by atoms with Gasteiger partial charge in [-0.3, -0.25) is 9.59 Å². The van der Waals surface area contributed by atoms with Gasteiger partial charge >= 0.3 is 12.1 Å². The Morgan fingerprint density at radius 2 is 1.59 bits per heavy atom. The number of carbonyl (C=O) groups is 3. The zero-order valence-corrected chi connectivity index (χ0v) is 20.1. The highest BCUT2D eigenvalue weighted by Crippen LogP contribution is 2.44. The van der Waals surface area contributed by atoms with Crippen LogP contribution in [0.15, 0.2) is 48.5 Å². The van der Waals surface area contributed by atoms with Gasteiger partial charge in [0.1, 0.15) is 6.61 Å². The van der Waals surface area contributed by atoms with Gasteiger partial charge in [0.15, 0.2) is 0 Å². The first-order valence-electron chi connectivity index (χ1n) is 11.7. The molecule has 0 saturated heterocycles. The Kier molecular flexibility index (Phi) is 8.31. The van der Waals surface area contributed by atoms with Crippen LogP contribution in [-0.4, -0.2) is 42.8 Å². The summed E-state index contributed by atoms with van der Waals surface area (Å²) in [6, 6.07) is 16.4. The molecular weight excluding hydrogens is 432 g/mol. The lowest BCUT2D eigenvalue weighted by molar-refractivity contribution is -0.137. The van der Waals surface area contributed by atoms with E-state index in [9.17, 15) is 14.4 Å². The van der Waals surface area contributed by atoms with Crippen LogP contribution in [0.4, 0.5) is 4.79 Å². The quantitative estimate of drug-likeness (QED) is 0.450. The highest BCUT2D eigenvalue weighted by molar-refractivity contribution is 5.79. The number of amides is 2. The molecule has 3 rings (SSSR count). The van der Waals surface area contributed by atoms with Crippen molar-refractivity contribution in [3.63, 3.8) is 0 Å². The molecule has 0 aliphatic heterocycles. The highest BCUT2D eigenvalue weighted by atomic mass is 16.5. The fraction of sp³-hybridized carbons (Fsp3) is 0.444. The average molecular weight is 467 g/mol. The van der Waals surface area contributed by atoms with E-state index in [1.54, 1.807) is 0 Å². The van der Waals surface area contributed by atoms with Gasteiger partial charge in [-0.25, -0.2) is 4.79 Å². The SMILES string of the molecule is CC(CCC(=O)O)CNC(=O)CC(C)(C)CNC(=O)OCC1c2ccccc2-c2ccccc21. The number of ether oxygens (including phenoxy) is 1. The molecular formula is C27H34N2O5. The molecule has 182 valence electrons. The molecule has 1 aliphatic rings. The molecule has 0 saturated carbocycles. The summed E-state index contributed by atoms with van der Waals surface area (Å²) >= 11 is 0. The van der Waals surface area contributed by atoms with Crippen LogP contribution in [0.2, 0.25) is 0 Å². The van der Waals surface area contributed by atoms with Gasteiger partial charge in [0.05, 0.1) is 0 Å². The number of nitrogens with one attached hydrogen (secondary N) is 2. The fourth-order valence-electron chi connectivity index (χ4n) is 4.28. The van der Waals surface area contributed by atoms with Gasteiger partial charge in [0, 0.05) is 31.8 Å². The molecule has 0 spiro atoms. The van der Waals surface area contributed by atoms with E-state index in [2.05, 4.69) is 34.9 Å². The summed E-state index contributed by atoms with van der Waals surface area (Å²) in [5.74, 6) is -0.873. The maximum absolute atomic E-state index is 12.4. The summed E-state index contributed by atoms with van der Waals surface area (Å²) in [7, 11) is 0. The predicted molar refractivity (Wildman–Crippen MR) is 131 cm³/mol. The van der Waals surface area contributed by atoms with Crippen LogP contribution >= 0.6 is 0 Å². The van der Waals surface area contributed by atoms with Crippen molar-refractivity contribution in [2.75, 3.05) is 19.7 Å². The molecule has 3 N–H and O–H groups in total. The van der Waals surface area contributed by atoms with Gasteiger partial charge < -0.3 is 20.5 Å². The zero-order valence-electron chi connectivity index (χ0n) is 20.1. The number of fused-ring (bicyclic) bond motifs is 3. The second kappa shape index (κ2) is 11.2. The number of aliphatic carboxylic acids is 1. The topological polar surface area (TPSA) is 105 Å². The lowest BCUT2D eigenvalue weighted by Gasteiger charge is -2.25. The molecule has 1 aliphatic carbocycles. The molecule has 34 heavy (non-hydrogen) atoms. The Morgan fingerprint density at radius 1 is 1.00 bits per heavy atom. The number of carboxylic acids is 1. The second-order valence-corrected chi connectivity index (χ2v) is 9.86. The van der Waals surface area contributed by atoms with E-state index in [0.29, 0.717) is 19.5 Å². The van der Waals surface area contributed by atoms with E-state index in [1.807, 2.05) is 45.0 Å². The van der Waals surface area contributed by atoms with Crippen molar-refractivity contribution in [3.8, 4) is 11.1 Å². The Labute approximate surface area is 200 Å². The van der Waals surface area contributed by atoms with Crippen molar-refractivity contribution in [1.29, 1.82) is 0 Å². The standard InChI is InChI=1S/C27H34N2O5/c1-18(12-13-25(31)32)15-28-24(30)14-27(2,3)17-29-26(33)34-16-23-21-10-6-4-8-19(21)20-9-5-7-11-22(20)23/h4-11,18,23H,12-17H2,1-3H3,(H,28,30)(H,29,33)(H,31,32). The van der Waals surface area contributed by atoms with E-state index < -0.39 is 17.5 Å². The average Bonchev–Trinajstić information content (AvgIpc) is 3.12. The molecule has 0 radical (unpaired) electrons. The number of alkyl carbamates (subject to hydrolysis) is 1. The molecule has 1 atom stereocenters. The molecule has 0 aromatic heterocycles. The summed E-state index contributed by atoms with van der Waals surface area (Å²) in [5, 5.41) is 14.4. The van der Waals surface area contributed by atoms with E-state index in [4.69, 9.17) is 9.84 Å². The summed E-state index contributed by atoms with van der Waals surface area (Å²) in [4.78, 5) is 35.4. The third-order valence-corrected chi connectivity index (χ3v) is 6.19. The number of hydrogen-bond donors (Lipinski definition) is 3. The maximum Gasteiger partial charge on any atom is 0.407 e. The summed E-state index contributed by atoms with van der Waals surface area (Å²) in [6.07, 6.45) is 0.342. The fourth-order valence-corrected chi connectivity index (χ4v) is 4.28. The minimum atomic E-state index is -0.835. The molecule has 2 aromatic rings. The maximum atomic E-state index is 12.4. The van der Waals surface area contributed by atoms with Crippen LogP contribution in [0, 0.1) is 11.3 Å². The van der Waals surface area contributed by atoms with Crippen LogP contribution < -0.4 is 10.6 Å². The summed E-state index contributed by atoms with van der Waals surface area (Å²) in [6.45, 7) is 6.70. The van der Waals surface area contributed by atoms with Crippen LogP contribution in [0.1, 0.15) is 57.1 Å². The van der Waals surface area contributed by atoms with Gasteiger partial charge in [-0.05, 0) is 40.0 Å². The number of carboxylic acid groups (broad SMARTS) is 1. The van der Waals surface area contributed by atoms with Gasteiger partial charge in [-0.1, -0.05) is 69.3 Å². The predicted octanol–water partition coefficient (Wildman–Crippen LogP) is 4.56. The van der Waals surface area contributed by atoms with Gasteiger partial charge in [0.25, 0.3) is 0 Å². The number of benzene rings is 2. The first-order chi connectivity index (χ1) is 16.2. The number of hydrogen-bond acceptors (Lipinski definition) is 4. The van der Waals surface area contributed by atoms with Crippen molar-refractivity contribution in [2.24, 2.45) is 11.3 Å². The molecule has 0 heterocycles.